The van der Waals surface area contributed by atoms with Gasteiger partial charge in [0.05, 0.1) is 43.5 Å². The van der Waals surface area contributed by atoms with Crippen LogP contribution in [0, 0.1) is 11.8 Å². The largest absolute Gasteiger partial charge is 0.468 e. The summed E-state index contributed by atoms with van der Waals surface area (Å²) in [4.78, 5) is 70.8. The number of hydrogen-bond donors (Lipinski definition) is 4. The molecular weight excluding hydrogens is 688 g/mol. The Bertz CT molecular complexity index is 1950. The zero-order valence-corrected chi connectivity index (χ0v) is 31.6. The van der Waals surface area contributed by atoms with E-state index in [1.54, 1.807) is 49.9 Å². The third kappa shape index (κ3) is 8.65. The molecule has 0 saturated carbocycles. The molecule has 2 aromatic heterocycles. The zero-order chi connectivity index (χ0) is 38.6. The maximum Gasteiger partial charge on any atom is 0.408 e. The lowest BCUT2D eigenvalue weighted by Crippen LogP contribution is -2.52. The highest BCUT2D eigenvalue weighted by Gasteiger charge is 2.41. The number of amides is 3. The molecule has 5 N–H and O–H groups in total. The summed E-state index contributed by atoms with van der Waals surface area (Å²) in [5.41, 5.74) is 10.9. The zero-order valence-electron chi connectivity index (χ0n) is 31.6. The number of benzene rings is 2. The SMILES string of the molecule is COC(=O)C(C(=O)N1CCCC1c1ncc(-c2ccc(-c3ccc(-c4cnc(CN5CCCC(NC(=O)OC(C)(C)C)C5=O)[nH]4)cc3)cc2)[nH]1)C(C)CN. The van der Waals surface area contributed by atoms with Crippen LogP contribution in [0.5, 0.6) is 0 Å². The summed E-state index contributed by atoms with van der Waals surface area (Å²) in [6.07, 6.45) is 5.83. The minimum Gasteiger partial charge on any atom is -0.468 e. The number of rotatable bonds is 11. The van der Waals surface area contributed by atoms with E-state index in [9.17, 15) is 19.2 Å². The highest BCUT2D eigenvalue weighted by atomic mass is 16.6. The van der Waals surface area contributed by atoms with Crippen LogP contribution >= 0.6 is 0 Å². The number of carbonyl (C=O) groups is 4. The average Bonchev–Trinajstić information content (AvgIpc) is 3.94. The summed E-state index contributed by atoms with van der Waals surface area (Å²) >= 11 is 0. The molecule has 2 saturated heterocycles. The Balaban J connectivity index is 1.07. The fourth-order valence-electron chi connectivity index (χ4n) is 7.12. The van der Waals surface area contributed by atoms with E-state index in [0.29, 0.717) is 37.7 Å². The summed E-state index contributed by atoms with van der Waals surface area (Å²) in [6.45, 7) is 8.78. The number of methoxy groups -OCH3 is 1. The first kappa shape index (κ1) is 38.2. The fraction of sp³-hybridized carbons (Fsp3) is 0.450. The molecule has 2 aromatic carbocycles. The molecule has 54 heavy (non-hydrogen) atoms. The lowest BCUT2D eigenvalue weighted by atomic mass is 9.92. The molecule has 2 fully saturated rings. The maximum atomic E-state index is 13.5. The summed E-state index contributed by atoms with van der Waals surface area (Å²) < 4.78 is 10.3. The first-order chi connectivity index (χ1) is 25.8. The van der Waals surface area contributed by atoms with Gasteiger partial charge >= 0.3 is 12.1 Å². The van der Waals surface area contributed by atoms with E-state index in [2.05, 4.69) is 49.5 Å². The van der Waals surface area contributed by atoms with E-state index < -0.39 is 29.6 Å². The number of nitrogens with two attached hydrogens (primary N) is 1. The third-order valence-electron chi connectivity index (χ3n) is 10.0. The van der Waals surface area contributed by atoms with E-state index in [1.807, 2.05) is 24.3 Å². The number of likely N-dealkylation sites (tertiary alicyclic amines) is 2. The number of H-pyrrole nitrogens is 2. The van der Waals surface area contributed by atoms with Crippen LogP contribution in [-0.2, 0) is 30.4 Å². The van der Waals surface area contributed by atoms with E-state index in [1.165, 1.54) is 7.11 Å². The minimum absolute atomic E-state index is 0.149. The predicted octanol–water partition coefficient (Wildman–Crippen LogP) is 5.20. The van der Waals surface area contributed by atoms with Crippen molar-refractivity contribution in [3.05, 3.63) is 72.6 Å². The Labute approximate surface area is 315 Å². The third-order valence-corrected chi connectivity index (χ3v) is 10.0. The van der Waals surface area contributed by atoms with Gasteiger partial charge < -0.3 is 40.3 Å². The molecule has 2 aliphatic heterocycles. The number of nitrogens with one attached hydrogen (secondary N) is 3. The number of ether oxygens (including phenoxy) is 2. The van der Waals surface area contributed by atoms with Crippen molar-refractivity contribution in [1.29, 1.82) is 0 Å². The van der Waals surface area contributed by atoms with Crippen LogP contribution in [0.4, 0.5) is 4.79 Å². The van der Waals surface area contributed by atoms with Gasteiger partial charge in [0, 0.05) is 13.1 Å². The number of esters is 1. The van der Waals surface area contributed by atoms with E-state index >= 15 is 0 Å². The number of hydrogen-bond acceptors (Lipinski definition) is 9. The van der Waals surface area contributed by atoms with Crippen molar-refractivity contribution in [2.75, 3.05) is 26.7 Å². The molecule has 4 unspecified atom stereocenters. The lowest BCUT2D eigenvalue weighted by Gasteiger charge is -2.32. The van der Waals surface area contributed by atoms with Crippen molar-refractivity contribution in [2.45, 2.75) is 77.6 Å². The van der Waals surface area contributed by atoms with E-state index in [4.69, 9.17) is 15.2 Å². The molecule has 14 nitrogen and oxygen atoms in total. The van der Waals surface area contributed by atoms with Gasteiger partial charge in [-0.15, -0.1) is 0 Å². The highest BCUT2D eigenvalue weighted by molar-refractivity contribution is 5.98. The van der Waals surface area contributed by atoms with Crippen LogP contribution < -0.4 is 11.1 Å². The summed E-state index contributed by atoms with van der Waals surface area (Å²) in [5, 5.41) is 2.72. The van der Waals surface area contributed by atoms with Crippen molar-refractivity contribution in [3.8, 4) is 33.6 Å². The Kier molecular flexibility index (Phi) is 11.5. The number of aromatic nitrogens is 4. The Morgan fingerprint density at radius 2 is 1.50 bits per heavy atom. The number of imidazole rings is 2. The van der Waals surface area contributed by atoms with Crippen molar-refractivity contribution in [2.24, 2.45) is 17.6 Å². The quantitative estimate of drug-likeness (QED) is 0.119. The van der Waals surface area contributed by atoms with E-state index in [0.717, 1.165) is 52.9 Å². The molecule has 6 rings (SSSR count). The van der Waals surface area contributed by atoms with Gasteiger partial charge in [-0.1, -0.05) is 55.5 Å². The molecular formula is C40H50N8O6. The van der Waals surface area contributed by atoms with Gasteiger partial charge in [0.1, 0.15) is 29.2 Å². The number of alkyl carbamates (subject to hydrolysis) is 1. The second-order valence-electron chi connectivity index (χ2n) is 15.1. The van der Waals surface area contributed by atoms with E-state index in [-0.39, 0.29) is 30.3 Å². The Hall–Kier alpha value is -5.50. The fourth-order valence-corrected chi connectivity index (χ4v) is 7.12. The Morgan fingerprint density at radius 3 is 2.11 bits per heavy atom. The topological polar surface area (TPSA) is 189 Å². The number of piperidine rings is 1. The second kappa shape index (κ2) is 16.3. The van der Waals surface area contributed by atoms with Gasteiger partial charge in [-0.3, -0.25) is 14.4 Å². The first-order valence-electron chi connectivity index (χ1n) is 18.5. The number of nitrogens with zero attached hydrogens (tertiary/aromatic N) is 4. The van der Waals surface area contributed by atoms with Crippen LogP contribution in [0.15, 0.2) is 60.9 Å². The minimum atomic E-state index is -0.948. The summed E-state index contributed by atoms with van der Waals surface area (Å²) in [7, 11) is 1.29. The molecule has 0 bridgehead atoms. The highest BCUT2D eigenvalue weighted by Crippen LogP contribution is 2.34. The van der Waals surface area contributed by atoms with Crippen LogP contribution in [0.1, 0.15) is 71.1 Å². The molecule has 2 aliphatic rings. The number of aromatic amines is 2. The molecule has 0 radical (unpaired) electrons. The van der Waals surface area contributed by atoms with Crippen LogP contribution in [0.2, 0.25) is 0 Å². The number of carbonyl (C=O) groups excluding carboxylic acids is 4. The van der Waals surface area contributed by atoms with Crippen LogP contribution in [0.25, 0.3) is 33.6 Å². The molecule has 0 spiro atoms. The summed E-state index contributed by atoms with van der Waals surface area (Å²) in [6, 6.07) is 15.5. The Morgan fingerprint density at radius 1 is 0.907 bits per heavy atom. The van der Waals surface area contributed by atoms with Gasteiger partial charge in [-0.05, 0) is 81.2 Å². The van der Waals surface area contributed by atoms with Crippen molar-refractivity contribution in [3.63, 3.8) is 0 Å². The first-order valence-corrected chi connectivity index (χ1v) is 18.5. The van der Waals surface area contributed by atoms with Crippen LogP contribution in [-0.4, -0.2) is 92.0 Å². The molecule has 0 aliphatic carbocycles. The summed E-state index contributed by atoms with van der Waals surface area (Å²) in [5.74, 6) is -0.939. The van der Waals surface area contributed by atoms with Crippen molar-refractivity contribution in [1.82, 2.24) is 35.1 Å². The van der Waals surface area contributed by atoms with Gasteiger partial charge in [0.25, 0.3) is 0 Å². The van der Waals surface area contributed by atoms with Crippen LogP contribution in [0.3, 0.4) is 0 Å². The molecule has 4 heterocycles. The maximum absolute atomic E-state index is 13.5. The predicted molar refractivity (Wildman–Crippen MR) is 202 cm³/mol. The second-order valence-corrected chi connectivity index (χ2v) is 15.1. The average molecular weight is 739 g/mol. The molecule has 14 heteroatoms. The van der Waals surface area contributed by atoms with Gasteiger partial charge in [0.2, 0.25) is 11.8 Å². The van der Waals surface area contributed by atoms with Crippen molar-refractivity contribution < 1.29 is 28.7 Å². The van der Waals surface area contributed by atoms with Gasteiger partial charge in [-0.2, -0.15) is 0 Å². The van der Waals surface area contributed by atoms with Gasteiger partial charge in [0.15, 0.2) is 0 Å². The standard InChI is InChI=1S/C40H50N8O6/c1-24(20-41)34(38(51)53-5)37(50)48-19-7-9-32(48)35-43-22-31(45-35)28-16-12-26(13-17-28)25-10-14-27(15-11-25)30-21-42-33(44-30)23-47-18-6-8-29(36(47)49)46-39(52)54-40(2,3)4/h10-17,21-22,24,29,32,34H,6-9,18-20,23,41H2,1-5H3,(H,42,44)(H,43,45)(H,46,52). The lowest BCUT2D eigenvalue weighted by molar-refractivity contribution is -0.156. The van der Waals surface area contributed by atoms with Crippen molar-refractivity contribution >= 4 is 23.9 Å². The normalized spacial score (nSPS) is 18.7. The molecule has 286 valence electrons. The molecule has 4 aromatic rings. The smallest absolute Gasteiger partial charge is 0.408 e. The molecule has 3 amide bonds. The van der Waals surface area contributed by atoms with Gasteiger partial charge in [-0.25, -0.2) is 14.8 Å². The molecule has 4 atom stereocenters. The monoisotopic (exact) mass is 738 g/mol.